The van der Waals surface area contributed by atoms with Crippen molar-refractivity contribution in [2.24, 2.45) is 0 Å². The summed E-state index contributed by atoms with van der Waals surface area (Å²) in [7, 11) is -3.86. The summed E-state index contributed by atoms with van der Waals surface area (Å²) in [6.45, 7) is -0.0835. The molecule has 4 nitrogen and oxygen atoms in total. The number of hydrogen-bond donors (Lipinski definition) is 1. The minimum atomic E-state index is -4.50. The molecule has 0 aliphatic carbocycles. The van der Waals surface area contributed by atoms with E-state index in [4.69, 9.17) is 5.26 Å². The summed E-state index contributed by atoms with van der Waals surface area (Å²) in [4.78, 5) is -0.270. The van der Waals surface area contributed by atoms with Crippen molar-refractivity contribution in [2.45, 2.75) is 17.5 Å². The maximum atomic E-state index is 12.3. The smallest absolute Gasteiger partial charge is 0.210 e. The highest BCUT2D eigenvalue weighted by Gasteiger charge is 2.30. The minimum Gasteiger partial charge on any atom is -0.210 e. The van der Waals surface area contributed by atoms with Gasteiger partial charge < -0.3 is 0 Å². The molecule has 0 amide bonds. The number of sulfonamides is 1. The van der Waals surface area contributed by atoms with E-state index in [0.717, 1.165) is 12.1 Å². The second-order valence-electron chi connectivity index (χ2n) is 3.33. The number of benzene rings is 1. The van der Waals surface area contributed by atoms with Crippen LogP contribution in [0.5, 0.6) is 0 Å². The molecule has 1 rings (SSSR count). The van der Waals surface area contributed by atoms with Gasteiger partial charge in [-0.3, -0.25) is 0 Å². The molecule has 18 heavy (non-hydrogen) atoms. The fourth-order valence-corrected chi connectivity index (χ4v) is 2.18. The Morgan fingerprint density at radius 3 is 2.22 bits per heavy atom. The highest BCUT2D eigenvalue weighted by atomic mass is 32.2. The van der Waals surface area contributed by atoms with Crippen LogP contribution in [0, 0.1) is 11.3 Å². The lowest BCUT2D eigenvalue weighted by atomic mass is 10.2. The van der Waals surface area contributed by atoms with Gasteiger partial charge in [0.25, 0.3) is 0 Å². The number of nitrogens with zero attached hydrogens (tertiary/aromatic N) is 1. The Morgan fingerprint density at radius 2 is 1.78 bits per heavy atom. The molecule has 0 aliphatic rings. The molecule has 0 aromatic heterocycles. The third-order valence-corrected chi connectivity index (χ3v) is 3.50. The summed E-state index contributed by atoms with van der Waals surface area (Å²) in [6.07, 6.45) is -4.52. The lowest BCUT2D eigenvalue weighted by Gasteiger charge is -2.08. The maximum Gasteiger partial charge on any atom is 0.416 e. The molecule has 0 aliphatic heterocycles. The molecule has 0 spiro atoms. The van der Waals surface area contributed by atoms with Crippen LogP contribution in [0.3, 0.4) is 0 Å². The largest absolute Gasteiger partial charge is 0.416 e. The highest BCUT2D eigenvalue weighted by molar-refractivity contribution is 7.89. The van der Waals surface area contributed by atoms with E-state index in [1.54, 1.807) is 6.07 Å². The van der Waals surface area contributed by atoms with Crippen molar-refractivity contribution in [3.8, 4) is 6.07 Å². The Balaban J connectivity index is 2.89. The molecule has 8 heteroatoms. The Hall–Kier alpha value is -1.59. The third-order valence-electron chi connectivity index (χ3n) is 2.02. The number of nitriles is 1. The molecule has 0 unspecified atom stereocenters. The first kappa shape index (κ1) is 14.5. The van der Waals surface area contributed by atoms with Gasteiger partial charge in [0.1, 0.15) is 0 Å². The average Bonchev–Trinajstić information content (AvgIpc) is 2.28. The summed E-state index contributed by atoms with van der Waals surface area (Å²) < 4.78 is 62.0. The highest BCUT2D eigenvalue weighted by Crippen LogP contribution is 2.29. The zero-order chi connectivity index (χ0) is 13.8. The summed E-state index contributed by atoms with van der Waals surface area (Å²) in [5.74, 6) is 0. The zero-order valence-corrected chi connectivity index (χ0v) is 9.85. The van der Waals surface area contributed by atoms with Gasteiger partial charge in [-0.1, -0.05) is 0 Å². The molecule has 0 radical (unpaired) electrons. The second-order valence-corrected chi connectivity index (χ2v) is 5.09. The molecule has 0 heterocycles. The van der Waals surface area contributed by atoms with Crippen LogP contribution in [0.1, 0.15) is 12.0 Å². The van der Waals surface area contributed by atoms with Crippen LogP contribution in [-0.2, 0) is 16.2 Å². The lowest BCUT2D eigenvalue weighted by molar-refractivity contribution is -0.137. The molecular weight excluding hydrogens is 269 g/mol. The van der Waals surface area contributed by atoms with Crippen LogP contribution in [0.4, 0.5) is 13.2 Å². The van der Waals surface area contributed by atoms with Crippen molar-refractivity contribution in [2.75, 3.05) is 6.54 Å². The SMILES string of the molecule is N#CCCNS(=O)(=O)c1ccc(C(F)(F)F)cc1. The molecular formula is C10H9F3N2O2S. The molecule has 98 valence electrons. The van der Waals surface area contributed by atoms with Crippen LogP contribution in [0.25, 0.3) is 0 Å². The number of alkyl halides is 3. The first-order valence-corrected chi connectivity index (χ1v) is 6.29. The Bertz CT molecular complexity index is 544. The fourth-order valence-electron chi connectivity index (χ4n) is 1.15. The van der Waals surface area contributed by atoms with Crippen molar-refractivity contribution in [3.05, 3.63) is 29.8 Å². The topological polar surface area (TPSA) is 70.0 Å². The quantitative estimate of drug-likeness (QED) is 0.855. The van der Waals surface area contributed by atoms with Crippen LogP contribution >= 0.6 is 0 Å². The molecule has 1 aromatic carbocycles. The van der Waals surface area contributed by atoms with Crippen LogP contribution in [0.15, 0.2) is 29.2 Å². The van der Waals surface area contributed by atoms with Gasteiger partial charge in [-0.25, -0.2) is 13.1 Å². The molecule has 0 saturated heterocycles. The number of nitrogens with one attached hydrogen (secondary N) is 1. The predicted octanol–water partition coefficient (Wildman–Crippen LogP) is 1.90. The summed E-state index contributed by atoms with van der Waals surface area (Å²) in [5.41, 5.74) is -0.918. The van der Waals surface area contributed by atoms with Crippen molar-refractivity contribution < 1.29 is 21.6 Å². The zero-order valence-electron chi connectivity index (χ0n) is 9.03. The molecule has 0 fully saturated rings. The molecule has 1 N–H and O–H groups in total. The van der Waals surface area contributed by atoms with Gasteiger partial charge in [0.15, 0.2) is 0 Å². The second kappa shape index (κ2) is 5.37. The van der Waals surface area contributed by atoms with E-state index >= 15 is 0 Å². The van der Waals surface area contributed by atoms with E-state index in [0.29, 0.717) is 12.1 Å². The van der Waals surface area contributed by atoms with E-state index < -0.39 is 21.8 Å². The minimum absolute atomic E-state index is 0.0140. The van der Waals surface area contributed by atoms with E-state index in [1.807, 2.05) is 0 Å². The van der Waals surface area contributed by atoms with Crippen molar-refractivity contribution in [1.82, 2.24) is 4.72 Å². The van der Waals surface area contributed by atoms with Crippen LogP contribution in [0.2, 0.25) is 0 Å². The maximum absolute atomic E-state index is 12.3. The Morgan fingerprint density at radius 1 is 1.22 bits per heavy atom. The van der Waals surface area contributed by atoms with Crippen molar-refractivity contribution >= 4 is 10.0 Å². The molecule has 0 bridgehead atoms. The molecule has 1 aromatic rings. The van der Waals surface area contributed by atoms with E-state index in [9.17, 15) is 21.6 Å². The Kier molecular flexibility index (Phi) is 4.32. The van der Waals surface area contributed by atoms with Gasteiger partial charge in [0.05, 0.1) is 16.5 Å². The number of hydrogen-bond acceptors (Lipinski definition) is 3. The summed E-state index contributed by atoms with van der Waals surface area (Å²) in [5, 5.41) is 8.25. The molecule has 0 saturated carbocycles. The Labute approximate surface area is 102 Å². The van der Waals surface area contributed by atoms with Crippen LogP contribution < -0.4 is 4.72 Å². The number of halogens is 3. The lowest BCUT2D eigenvalue weighted by Crippen LogP contribution is -2.24. The standard InChI is InChI=1S/C10H9F3N2O2S/c11-10(12,13)8-2-4-9(5-3-8)18(16,17)15-7-1-6-14/h2-5,15H,1,7H2. The van der Waals surface area contributed by atoms with Gasteiger partial charge in [-0.05, 0) is 24.3 Å². The van der Waals surface area contributed by atoms with Crippen molar-refractivity contribution in [1.29, 1.82) is 5.26 Å². The summed E-state index contributed by atoms with van der Waals surface area (Å²) in [6, 6.07) is 4.88. The fraction of sp³-hybridized carbons (Fsp3) is 0.300. The molecule has 0 atom stereocenters. The van der Waals surface area contributed by atoms with Gasteiger partial charge >= 0.3 is 6.18 Å². The monoisotopic (exact) mass is 278 g/mol. The van der Waals surface area contributed by atoms with E-state index in [2.05, 4.69) is 4.72 Å². The van der Waals surface area contributed by atoms with Crippen molar-refractivity contribution in [3.63, 3.8) is 0 Å². The van der Waals surface area contributed by atoms with Gasteiger partial charge in [-0.2, -0.15) is 18.4 Å². The predicted molar refractivity (Wildman–Crippen MR) is 56.9 cm³/mol. The van der Waals surface area contributed by atoms with E-state index in [1.165, 1.54) is 0 Å². The van der Waals surface area contributed by atoms with Gasteiger partial charge in [0.2, 0.25) is 10.0 Å². The third kappa shape index (κ3) is 3.72. The normalized spacial score (nSPS) is 12.1. The van der Waals surface area contributed by atoms with E-state index in [-0.39, 0.29) is 17.9 Å². The summed E-state index contributed by atoms with van der Waals surface area (Å²) >= 11 is 0. The first-order chi connectivity index (χ1) is 8.27. The van der Waals surface area contributed by atoms with Gasteiger partial charge in [-0.15, -0.1) is 0 Å². The van der Waals surface area contributed by atoms with Crippen LogP contribution in [-0.4, -0.2) is 15.0 Å². The number of rotatable bonds is 4. The van der Waals surface area contributed by atoms with Gasteiger partial charge in [0, 0.05) is 13.0 Å². The first-order valence-electron chi connectivity index (χ1n) is 4.81. The average molecular weight is 278 g/mol.